The third-order valence-electron chi connectivity index (χ3n) is 4.47. The number of carbonyl (C=O) groups excluding carboxylic acids is 1. The van der Waals surface area contributed by atoms with Gasteiger partial charge in [-0.15, -0.1) is 0 Å². The van der Waals surface area contributed by atoms with E-state index in [2.05, 4.69) is 20.8 Å². The highest BCUT2D eigenvalue weighted by molar-refractivity contribution is 6.30. The van der Waals surface area contributed by atoms with Crippen molar-refractivity contribution in [2.75, 3.05) is 13.1 Å². The summed E-state index contributed by atoms with van der Waals surface area (Å²) in [5.74, 6) is 1.54. The van der Waals surface area contributed by atoms with Gasteiger partial charge in [0.1, 0.15) is 0 Å². The molecule has 2 heterocycles. The molecule has 1 fully saturated rings. The molecule has 0 radical (unpaired) electrons. The van der Waals surface area contributed by atoms with Crippen LogP contribution in [0.25, 0.3) is 0 Å². The van der Waals surface area contributed by atoms with Gasteiger partial charge in [-0.05, 0) is 63.9 Å². The molecule has 1 aromatic carbocycles. The number of aromatic nitrogens is 2. The van der Waals surface area contributed by atoms with Crippen molar-refractivity contribution < 1.29 is 9.32 Å². The van der Waals surface area contributed by atoms with Crippen molar-refractivity contribution in [1.29, 1.82) is 0 Å². The fourth-order valence-corrected chi connectivity index (χ4v) is 3.13. The van der Waals surface area contributed by atoms with Gasteiger partial charge in [-0.25, -0.2) is 0 Å². The van der Waals surface area contributed by atoms with E-state index in [1.807, 2.05) is 13.8 Å². The summed E-state index contributed by atoms with van der Waals surface area (Å²) in [6.07, 6.45) is 2.99. The van der Waals surface area contributed by atoms with Crippen LogP contribution in [0.5, 0.6) is 0 Å². The van der Waals surface area contributed by atoms with Crippen LogP contribution in [0.3, 0.4) is 0 Å². The number of rotatable bonds is 6. The smallest absolute Gasteiger partial charge is 0.252 e. The number of nitrogens with zero attached hydrogens (tertiary/aromatic N) is 2. The molecule has 1 aliphatic rings. The van der Waals surface area contributed by atoms with Crippen molar-refractivity contribution in [2.45, 2.75) is 38.6 Å². The fraction of sp³-hybridized carbons (Fsp3) is 0.500. The number of halogens is 1. The van der Waals surface area contributed by atoms with Crippen LogP contribution in [0.4, 0.5) is 0 Å². The van der Waals surface area contributed by atoms with E-state index >= 15 is 0 Å². The second-order valence-electron chi connectivity index (χ2n) is 7.00. The van der Waals surface area contributed by atoms with Crippen LogP contribution < -0.4 is 10.6 Å². The van der Waals surface area contributed by atoms with Crippen molar-refractivity contribution in [1.82, 2.24) is 20.8 Å². The van der Waals surface area contributed by atoms with Crippen LogP contribution in [-0.2, 0) is 12.0 Å². The lowest BCUT2D eigenvalue weighted by Gasteiger charge is -2.22. The van der Waals surface area contributed by atoms with E-state index in [-0.39, 0.29) is 5.91 Å². The highest BCUT2D eigenvalue weighted by atomic mass is 35.5. The summed E-state index contributed by atoms with van der Waals surface area (Å²) in [5, 5.41) is 10.9. The Morgan fingerprint density at radius 2 is 2.32 bits per heavy atom. The maximum absolute atomic E-state index is 12.4. The predicted molar refractivity (Wildman–Crippen MR) is 95.5 cm³/mol. The Bertz CT molecular complexity index is 738. The average molecular weight is 363 g/mol. The minimum atomic E-state index is -0.740. The number of hydrogen-bond donors (Lipinski definition) is 2. The highest BCUT2D eigenvalue weighted by Gasteiger charge is 2.29. The fourth-order valence-electron chi connectivity index (χ4n) is 2.94. The average Bonchev–Trinajstić information content (AvgIpc) is 3.24. The van der Waals surface area contributed by atoms with E-state index in [1.165, 1.54) is 6.42 Å². The van der Waals surface area contributed by atoms with E-state index in [9.17, 15) is 4.79 Å². The summed E-state index contributed by atoms with van der Waals surface area (Å²) in [6.45, 7) is 5.85. The van der Waals surface area contributed by atoms with Gasteiger partial charge >= 0.3 is 0 Å². The number of hydrogen-bond acceptors (Lipinski definition) is 5. The summed E-state index contributed by atoms with van der Waals surface area (Å²) < 4.78 is 5.36. The zero-order valence-electron chi connectivity index (χ0n) is 14.5. The second-order valence-corrected chi connectivity index (χ2v) is 7.44. The van der Waals surface area contributed by atoms with Crippen molar-refractivity contribution in [3.63, 3.8) is 0 Å². The SMILES string of the molecule is CC(C)(NC(=O)c1cccc(Cl)c1)c1noc(CCC2CCNC2)n1. The molecule has 0 saturated carbocycles. The first-order valence-electron chi connectivity index (χ1n) is 8.56. The Labute approximate surface area is 152 Å². The van der Waals surface area contributed by atoms with Crippen molar-refractivity contribution in [3.8, 4) is 0 Å². The maximum atomic E-state index is 12.4. The van der Waals surface area contributed by atoms with E-state index < -0.39 is 5.54 Å². The predicted octanol–water partition coefficient (Wildman–Crippen LogP) is 2.93. The first-order valence-corrected chi connectivity index (χ1v) is 8.94. The summed E-state index contributed by atoms with van der Waals surface area (Å²) in [6, 6.07) is 6.82. The van der Waals surface area contributed by atoms with Crippen molar-refractivity contribution in [2.24, 2.45) is 5.92 Å². The molecule has 1 unspecified atom stereocenters. The summed E-state index contributed by atoms with van der Waals surface area (Å²) in [7, 11) is 0. The van der Waals surface area contributed by atoms with Crippen LogP contribution >= 0.6 is 11.6 Å². The van der Waals surface area contributed by atoms with Gasteiger partial charge in [0, 0.05) is 17.0 Å². The molecule has 3 rings (SSSR count). The van der Waals surface area contributed by atoms with Gasteiger partial charge in [0.15, 0.2) is 5.82 Å². The van der Waals surface area contributed by atoms with Crippen LogP contribution in [0.15, 0.2) is 28.8 Å². The minimum Gasteiger partial charge on any atom is -0.340 e. The second kappa shape index (κ2) is 7.54. The van der Waals surface area contributed by atoms with Gasteiger partial charge in [0.25, 0.3) is 5.91 Å². The number of carbonyl (C=O) groups is 1. The summed E-state index contributed by atoms with van der Waals surface area (Å²) in [5.41, 5.74) is -0.242. The van der Waals surface area contributed by atoms with E-state index in [1.54, 1.807) is 24.3 Å². The zero-order chi connectivity index (χ0) is 17.9. The zero-order valence-corrected chi connectivity index (χ0v) is 15.3. The third-order valence-corrected chi connectivity index (χ3v) is 4.70. The van der Waals surface area contributed by atoms with Crippen molar-refractivity contribution >= 4 is 17.5 Å². The molecule has 2 aromatic rings. The maximum Gasteiger partial charge on any atom is 0.252 e. The highest BCUT2D eigenvalue weighted by Crippen LogP contribution is 2.20. The molecule has 6 nitrogen and oxygen atoms in total. The van der Waals surface area contributed by atoms with Gasteiger partial charge in [0.2, 0.25) is 5.89 Å². The number of benzene rings is 1. The normalized spacial score (nSPS) is 17.6. The Morgan fingerprint density at radius 3 is 3.04 bits per heavy atom. The number of amides is 1. The minimum absolute atomic E-state index is 0.226. The Hall–Kier alpha value is -1.92. The Balaban J connectivity index is 1.62. The molecule has 25 heavy (non-hydrogen) atoms. The molecule has 1 atom stereocenters. The first kappa shape index (κ1) is 17.9. The van der Waals surface area contributed by atoms with Gasteiger partial charge < -0.3 is 15.2 Å². The van der Waals surface area contributed by atoms with Crippen molar-refractivity contribution in [3.05, 3.63) is 46.6 Å². The summed E-state index contributed by atoms with van der Waals surface area (Å²) >= 11 is 5.94. The number of aryl methyl sites for hydroxylation is 1. The molecule has 1 amide bonds. The third kappa shape index (κ3) is 4.58. The van der Waals surface area contributed by atoms with Crippen LogP contribution in [0.2, 0.25) is 5.02 Å². The topological polar surface area (TPSA) is 80.0 Å². The molecule has 0 bridgehead atoms. The van der Waals surface area contributed by atoms with Gasteiger partial charge in [0.05, 0.1) is 5.54 Å². The lowest BCUT2D eigenvalue weighted by molar-refractivity contribution is 0.0907. The molecule has 1 saturated heterocycles. The Morgan fingerprint density at radius 1 is 1.48 bits per heavy atom. The lowest BCUT2D eigenvalue weighted by Crippen LogP contribution is -2.41. The van der Waals surface area contributed by atoms with Gasteiger partial charge in [-0.1, -0.05) is 22.8 Å². The Kier molecular flexibility index (Phi) is 5.39. The molecule has 7 heteroatoms. The van der Waals surface area contributed by atoms with E-state index in [0.717, 1.165) is 25.9 Å². The van der Waals surface area contributed by atoms with E-state index in [0.29, 0.717) is 28.2 Å². The lowest BCUT2D eigenvalue weighted by atomic mass is 10.0. The van der Waals surface area contributed by atoms with Crippen LogP contribution in [0.1, 0.15) is 48.8 Å². The first-order chi connectivity index (χ1) is 11.9. The molecule has 1 aromatic heterocycles. The largest absolute Gasteiger partial charge is 0.340 e. The van der Waals surface area contributed by atoms with Crippen LogP contribution in [-0.4, -0.2) is 29.1 Å². The molecule has 1 aliphatic heterocycles. The summed E-state index contributed by atoms with van der Waals surface area (Å²) in [4.78, 5) is 16.9. The monoisotopic (exact) mass is 362 g/mol. The van der Waals surface area contributed by atoms with Gasteiger partial charge in [-0.3, -0.25) is 4.79 Å². The molecule has 2 N–H and O–H groups in total. The standard InChI is InChI=1S/C18H23ClN4O2/c1-18(2,22-16(24)13-4-3-5-14(19)10-13)17-21-15(25-23-17)7-6-12-8-9-20-11-12/h3-5,10,12,20H,6-9,11H2,1-2H3,(H,22,24). The molecular weight excluding hydrogens is 340 g/mol. The number of nitrogens with one attached hydrogen (secondary N) is 2. The molecule has 134 valence electrons. The molecule has 0 aliphatic carbocycles. The van der Waals surface area contributed by atoms with E-state index in [4.69, 9.17) is 16.1 Å². The molecule has 0 spiro atoms. The van der Waals surface area contributed by atoms with Gasteiger partial charge in [-0.2, -0.15) is 4.98 Å². The van der Waals surface area contributed by atoms with Crippen LogP contribution in [0, 0.1) is 5.92 Å². The molecular formula is C18H23ClN4O2. The quantitative estimate of drug-likeness (QED) is 0.825.